The normalized spacial score (nSPS) is 10.4. The van der Waals surface area contributed by atoms with Gasteiger partial charge in [0.25, 0.3) is 6.43 Å². The third-order valence-corrected chi connectivity index (χ3v) is 2.19. The van der Waals surface area contributed by atoms with E-state index < -0.39 is 25.0 Å². The summed E-state index contributed by atoms with van der Waals surface area (Å²) in [7, 11) is 0. The molecule has 0 atom stereocenters. The molecule has 0 saturated carbocycles. The van der Waals surface area contributed by atoms with Crippen LogP contribution in [0.25, 0.3) is 0 Å². The summed E-state index contributed by atoms with van der Waals surface area (Å²) in [4.78, 5) is 25.8. The Morgan fingerprint density at radius 2 is 2.14 bits per heavy atom. The molecule has 0 fully saturated rings. The molecule has 1 aromatic heterocycles. The Balaban J connectivity index is 2.26. The van der Waals surface area contributed by atoms with E-state index >= 15 is 0 Å². The summed E-state index contributed by atoms with van der Waals surface area (Å²) in [6, 6.07) is 2.46. The van der Waals surface area contributed by atoms with Gasteiger partial charge < -0.3 is 20.5 Å². The standard InChI is InChI=1S/C12H15F2N3O4/c13-10(14)7-21-4-3-15-12(20)17-9-2-1-8(16-6-9)5-11(18)19/h1-2,6,10H,3-5,7H2,(H,18,19)(H2,15,17,20). The van der Waals surface area contributed by atoms with Gasteiger partial charge in [0.2, 0.25) is 0 Å². The van der Waals surface area contributed by atoms with Crippen molar-refractivity contribution in [2.45, 2.75) is 12.8 Å². The first kappa shape index (κ1) is 16.8. The highest BCUT2D eigenvalue weighted by atomic mass is 19.3. The van der Waals surface area contributed by atoms with Crippen LogP contribution in [-0.2, 0) is 16.0 Å². The first-order chi connectivity index (χ1) is 9.97. The molecule has 2 amide bonds. The van der Waals surface area contributed by atoms with Crippen molar-refractivity contribution in [1.29, 1.82) is 0 Å². The van der Waals surface area contributed by atoms with Gasteiger partial charge in [-0.15, -0.1) is 0 Å². The predicted molar refractivity (Wildman–Crippen MR) is 69.4 cm³/mol. The van der Waals surface area contributed by atoms with E-state index in [1.165, 1.54) is 18.3 Å². The van der Waals surface area contributed by atoms with Gasteiger partial charge in [0, 0.05) is 6.54 Å². The highest BCUT2D eigenvalue weighted by Gasteiger charge is 2.05. The van der Waals surface area contributed by atoms with Crippen LogP contribution in [0.3, 0.4) is 0 Å². The van der Waals surface area contributed by atoms with E-state index in [2.05, 4.69) is 20.4 Å². The van der Waals surface area contributed by atoms with Gasteiger partial charge in [-0.2, -0.15) is 0 Å². The number of pyridine rings is 1. The maximum absolute atomic E-state index is 11.8. The Labute approximate surface area is 119 Å². The fourth-order valence-electron chi connectivity index (χ4n) is 1.34. The molecule has 0 radical (unpaired) electrons. The van der Waals surface area contributed by atoms with Gasteiger partial charge in [-0.3, -0.25) is 9.78 Å². The van der Waals surface area contributed by atoms with Gasteiger partial charge in [-0.05, 0) is 12.1 Å². The van der Waals surface area contributed by atoms with Gasteiger partial charge in [0.05, 0.1) is 30.6 Å². The van der Waals surface area contributed by atoms with Crippen LogP contribution in [-0.4, -0.2) is 48.3 Å². The Bertz CT molecular complexity index is 468. The number of nitrogens with one attached hydrogen (secondary N) is 2. The number of carbonyl (C=O) groups is 2. The molecule has 0 aromatic carbocycles. The second-order valence-corrected chi connectivity index (χ2v) is 3.96. The minimum atomic E-state index is -2.53. The third-order valence-electron chi connectivity index (χ3n) is 2.19. The van der Waals surface area contributed by atoms with E-state index in [0.29, 0.717) is 11.4 Å². The van der Waals surface area contributed by atoms with E-state index in [0.717, 1.165) is 0 Å². The number of amides is 2. The molecule has 0 saturated heterocycles. The van der Waals surface area contributed by atoms with Crippen molar-refractivity contribution >= 4 is 17.7 Å². The zero-order chi connectivity index (χ0) is 15.7. The summed E-state index contributed by atoms with van der Waals surface area (Å²) in [6.07, 6.45) is -1.41. The SMILES string of the molecule is O=C(O)Cc1ccc(NC(=O)NCCOCC(F)F)cn1. The number of anilines is 1. The number of aliphatic carboxylic acids is 1. The lowest BCUT2D eigenvalue weighted by Crippen LogP contribution is -2.32. The molecule has 9 heteroatoms. The van der Waals surface area contributed by atoms with Crippen LogP contribution < -0.4 is 10.6 Å². The van der Waals surface area contributed by atoms with E-state index in [1.54, 1.807) is 0 Å². The Kier molecular flexibility index (Phi) is 7.02. The molecular weight excluding hydrogens is 288 g/mol. The molecule has 0 spiro atoms. The first-order valence-corrected chi connectivity index (χ1v) is 6.05. The van der Waals surface area contributed by atoms with Gasteiger partial charge >= 0.3 is 12.0 Å². The Hall–Kier alpha value is -2.29. The van der Waals surface area contributed by atoms with Crippen molar-refractivity contribution in [3.8, 4) is 0 Å². The van der Waals surface area contributed by atoms with Crippen LogP contribution in [0, 0.1) is 0 Å². The average Bonchev–Trinajstić information content (AvgIpc) is 2.39. The molecule has 0 aliphatic carbocycles. The minimum absolute atomic E-state index is 0.0203. The number of rotatable bonds is 8. The first-order valence-electron chi connectivity index (χ1n) is 6.05. The molecule has 1 heterocycles. The highest BCUT2D eigenvalue weighted by Crippen LogP contribution is 2.06. The highest BCUT2D eigenvalue weighted by molar-refractivity contribution is 5.89. The van der Waals surface area contributed by atoms with Crippen molar-refractivity contribution < 1.29 is 28.2 Å². The number of hydrogen-bond acceptors (Lipinski definition) is 4. The van der Waals surface area contributed by atoms with Crippen molar-refractivity contribution in [3.05, 3.63) is 24.0 Å². The number of urea groups is 1. The van der Waals surface area contributed by atoms with Crippen LogP contribution in [0.1, 0.15) is 5.69 Å². The number of ether oxygens (including phenoxy) is 1. The fraction of sp³-hybridized carbons (Fsp3) is 0.417. The van der Waals surface area contributed by atoms with Crippen LogP contribution >= 0.6 is 0 Å². The van der Waals surface area contributed by atoms with Crippen molar-refractivity contribution in [1.82, 2.24) is 10.3 Å². The molecule has 3 N–H and O–H groups in total. The van der Waals surface area contributed by atoms with Crippen LogP contribution in [0.5, 0.6) is 0 Å². The summed E-state index contributed by atoms with van der Waals surface area (Å²) >= 11 is 0. The molecule has 0 bridgehead atoms. The maximum atomic E-state index is 11.8. The van der Waals surface area contributed by atoms with Gasteiger partial charge in [0.15, 0.2) is 0 Å². The number of alkyl halides is 2. The van der Waals surface area contributed by atoms with E-state index in [9.17, 15) is 18.4 Å². The van der Waals surface area contributed by atoms with E-state index in [4.69, 9.17) is 5.11 Å². The number of carboxylic acid groups (broad SMARTS) is 1. The summed E-state index contributed by atoms with van der Waals surface area (Å²) in [6.45, 7) is -0.602. The quantitative estimate of drug-likeness (QED) is 0.625. The summed E-state index contributed by atoms with van der Waals surface area (Å²) in [5.41, 5.74) is 0.754. The Morgan fingerprint density at radius 3 is 2.71 bits per heavy atom. The second-order valence-electron chi connectivity index (χ2n) is 3.96. The number of aromatic nitrogens is 1. The number of carboxylic acids is 1. The lowest BCUT2D eigenvalue weighted by Gasteiger charge is -2.08. The van der Waals surface area contributed by atoms with Gasteiger partial charge in [0.1, 0.15) is 6.61 Å². The van der Waals surface area contributed by atoms with Crippen LogP contribution in [0.15, 0.2) is 18.3 Å². The number of carbonyl (C=O) groups excluding carboxylic acids is 1. The van der Waals surface area contributed by atoms with Crippen LogP contribution in [0.4, 0.5) is 19.3 Å². The molecule has 0 aliphatic heterocycles. The molecule has 1 rings (SSSR count). The van der Waals surface area contributed by atoms with Gasteiger partial charge in [-0.1, -0.05) is 0 Å². The monoisotopic (exact) mass is 303 g/mol. The smallest absolute Gasteiger partial charge is 0.319 e. The second kappa shape index (κ2) is 8.80. The van der Waals surface area contributed by atoms with Crippen molar-refractivity contribution in [2.75, 3.05) is 25.1 Å². The summed E-state index contributed by atoms with van der Waals surface area (Å²) in [5.74, 6) is -0.996. The minimum Gasteiger partial charge on any atom is -0.481 e. The molecule has 0 unspecified atom stereocenters. The molecule has 7 nitrogen and oxygen atoms in total. The van der Waals surface area contributed by atoms with Gasteiger partial charge in [-0.25, -0.2) is 13.6 Å². The molecule has 21 heavy (non-hydrogen) atoms. The van der Waals surface area contributed by atoms with Crippen molar-refractivity contribution in [2.24, 2.45) is 0 Å². The number of hydrogen-bond donors (Lipinski definition) is 3. The van der Waals surface area contributed by atoms with Crippen LogP contribution in [0.2, 0.25) is 0 Å². The summed E-state index contributed by atoms with van der Waals surface area (Å²) < 4.78 is 28.1. The zero-order valence-corrected chi connectivity index (χ0v) is 11.0. The maximum Gasteiger partial charge on any atom is 0.319 e. The molecule has 1 aromatic rings. The predicted octanol–water partition coefficient (Wildman–Crippen LogP) is 1.11. The molecule has 116 valence electrons. The topological polar surface area (TPSA) is 101 Å². The van der Waals surface area contributed by atoms with E-state index in [-0.39, 0.29) is 19.6 Å². The number of halogens is 2. The van der Waals surface area contributed by atoms with E-state index in [1.807, 2.05) is 0 Å². The van der Waals surface area contributed by atoms with Crippen molar-refractivity contribution in [3.63, 3.8) is 0 Å². The fourth-order valence-corrected chi connectivity index (χ4v) is 1.34. The molecular formula is C12H15F2N3O4. The Morgan fingerprint density at radius 1 is 1.38 bits per heavy atom. The summed E-state index contributed by atoms with van der Waals surface area (Å²) in [5, 5.41) is 13.4. The number of nitrogens with zero attached hydrogens (tertiary/aromatic N) is 1. The zero-order valence-electron chi connectivity index (χ0n) is 11.0. The lowest BCUT2D eigenvalue weighted by atomic mass is 10.2. The average molecular weight is 303 g/mol. The third kappa shape index (κ3) is 7.78. The lowest BCUT2D eigenvalue weighted by molar-refractivity contribution is -0.136. The molecule has 0 aliphatic rings. The largest absolute Gasteiger partial charge is 0.481 e.